The lowest BCUT2D eigenvalue weighted by molar-refractivity contribution is -0.119. The maximum absolute atomic E-state index is 13.8. The largest absolute Gasteiger partial charge is 0.480 e. The number of carbonyl (C=O) groups excluding carboxylic acids is 2. The molecule has 1 atom stereocenters. The first-order valence-electron chi connectivity index (χ1n) is 14.1. The number of halogens is 1. The SMILES string of the molecule is CCCc1ccc(Cl)cc1-c1cc(=O)n([C@@H](Cc2ccccc2)C(=O)Nc2ccc(C(=O)OC(C)(C)C)cc2)nc1OC. The van der Waals surface area contributed by atoms with Gasteiger partial charge in [0.05, 0.1) is 18.2 Å². The summed E-state index contributed by atoms with van der Waals surface area (Å²) in [5, 5.41) is 7.94. The fraction of sp³-hybridized carbons (Fsp3) is 0.294. The Morgan fingerprint density at radius 2 is 1.67 bits per heavy atom. The number of aromatic nitrogens is 2. The van der Waals surface area contributed by atoms with Crippen LogP contribution in [0.4, 0.5) is 5.69 Å². The van der Waals surface area contributed by atoms with E-state index in [0.717, 1.165) is 34.2 Å². The summed E-state index contributed by atoms with van der Waals surface area (Å²) >= 11 is 6.32. The first-order valence-corrected chi connectivity index (χ1v) is 14.5. The Labute approximate surface area is 256 Å². The van der Waals surface area contributed by atoms with E-state index in [9.17, 15) is 14.4 Å². The van der Waals surface area contributed by atoms with Crippen molar-refractivity contribution in [1.82, 2.24) is 9.78 Å². The van der Waals surface area contributed by atoms with Crippen molar-refractivity contribution >= 4 is 29.2 Å². The van der Waals surface area contributed by atoms with Crippen LogP contribution in [0.5, 0.6) is 5.88 Å². The number of methoxy groups -OCH3 is 1. The maximum atomic E-state index is 13.8. The van der Waals surface area contributed by atoms with Crippen LogP contribution < -0.4 is 15.6 Å². The second-order valence-corrected chi connectivity index (χ2v) is 11.6. The molecule has 0 spiro atoms. The van der Waals surface area contributed by atoms with Gasteiger partial charge in [-0.15, -0.1) is 5.10 Å². The average Bonchev–Trinajstić information content (AvgIpc) is 2.97. The van der Waals surface area contributed by atoms with E-state index in [-0.39, 0.29) is 12.3 Å². The van der Waals surface area contributed by atoms with Gasteiger partial charge in [-0.05, 0) is 80.3 Å². The number of benzene rings is 3. The lowest BCUT2D eigenvalue weighted by Crippen LogP contribution is -2.36. The molecule has 43 heavy (non-hydrogen) atoms. The van der Waals surface area contributed by atoms with Crippen molar-refractivity contribution in [2.24, 2.45) is 0 Å². The van der Waals surface area contributed by atoms with Crippen molar-refractivity contribution in [3.8, 4) is 17.0 Å². The molecule has 1 N–H and O–H groups in total. The lowest BCUT2D eigenvalue weighted by atomic mass is 9.97. The number of carbonyl (C=O) groups is 2. The number of ether oxygens (including phenoxy) is 2. The van der Waals surface area contributed by atoms with E-state index in [4.69, 9.17) is 21.1 Å². The highest BCUT2D eigenvalue weighted by Gasteiger charge is 2.26. The fourth-order valence-electron chi connectivity index (χ4n) is 4.69. The summed E-state index contributed by atoms with van der Waals surface area (Å²) in [6, 6.07) is 21.8. The third-order valence-electron chi connectivity index (χ3n) is 6.65. The number of anilines is 1. The van der Waals surface area contributed by atoms with Crippen LogP contribution in [0.1, 0.15) is 61.6 Å². The fourth-order valence-corrected chi connectivity index (χ4v) is 4.86. The summed E-state index contributed by atoms with van der Waals surface area (Å²) < 4.78 is 12.2. The van der Waals surface area contributed by atoms with Gasteiger partial charge >= 0.3 is 5.97 Å². The van der Waals surface area contributed by atoms with Crippen molar-refractivity contribution in [1.29, 1.82) is 0 Å². The third kappa shape index (κ3) is 8.11. The molecule has 0 bridgehead atoms. The van der Waals surface area contributed by atoms with Gasteiger partial charge in [0, 0.05) is 23.2 Å². The molecule has 1 heterocycles. The molecule has 0 unspecified atom stereocenters. The number of amides is 1. The smallest absolute Gasteiger partial charge is 0.338 e. The number of aryl methyl sites for hydroxylation is 1. The van der Waals surface area contributed by atoms with Crippen LogP contribution in [-0.4, -0.2) is 34.4 Å². The predicted molar refractivity (Wildman–Crippen MR) is 169 cm³/mol. The van der Waals surface area contributed by atoms with E-state index in [1.165, 1.54) is 13.2 Å². The Bertz CT molecular complexity index is 1640. The Morgan fingerprint density at radius 3 is 2.30 bits per heavy atom. The standard InChI is InChI=1S/C34H36ClN3O5/c1-6-10-23-13-16-25(35)20-27(23)28-21-30(39)38(37-32(28)42-5)29(19-22-11-8-7-9-12-22)31(40)36-26-17-14-24(15-18-26)33(41)43-34(2,3)4/h7-9,11-18,20-21,29H,6,10,19H2,1-5H3,(H,36,40)/t29-/m0/s1. The van der Waals surface area contributed by atoms with Crippen LogP contribution in [0.2, 0.25) is 5.02 Å². The van der Waals surface area contributed by atoms with Gasteiger partial charge in [-0.1, -0.05) is 61.3 Å². The summed E-state index contributed by atoms with van der Waals surface area (Å²) in [7, 11) is 1.48. The Balaban J connectivity index is 1.70. The molecule has 3 aromatic carbocycles. The zero-order chi connectivity index (χ0) is 31.1. The number of rotatable bonds is 10. The quantitative estimate of drug-likeness (QED) is 0.198. The van der Waals surface area contributed by atoms with Gasteiger partial charge < -0.3 is 14.8 Å². The zero-order valence-corrected chi connectivity index (χ0v) is 25.8. The highest BCUT2D eigenvalue weighted by atomic mass is 35.5. The van der Waals surface area contributed by atoms with Crippen molar-refractivity contribution < 1.29 is 19.1 Å². The lowest BCUT2D eigenvalue weighted by Gasteiger charge is -2.21. The molecular formula is C34H36ClN3O5. The second-order valence-electron chi connectivity index (χ2n) is 11.2. The first-order chi connectivity index (χ1) is 20.5. The minimum Gasteiger partial charge on any atom is -0.480 e. The topological polar surface area (TPSA) is 99.5 Å². The minimum absolute atomic E-state index is 0.201. The molecule has 0 aliphatic heterocycles. The molecule has 8 nitrogen and oxygen atoms in total. The van der Waals surface area contributed by atoms with Gasteiger partial charge in [0.2, 0.25) is 11.8 Å². The molecule has 1 aromatic heterocycles. The molecule has 0 saturated heterocycles. The van der Waals surface area contributed by atoms with E-state index >= 15 is 0 Å². The van der Waals surface area contributed by atoms with Crippen molar-refractivity contribution in [2.45, 2.75) is 58.6 Å². The molecular weight excluding hydrogens is 566 g/mol. The second kappa shape index (κ2) is 13.7. The van der Waals surface area contributed by atoms with Crippen LogP contribution in [0.25, 0.3) is 11.1 Å². The number of hydrogen-bond acceptors (Lipinski definition) is 6. The van der Waals surface area contributed by atoms with Gasteiger partial charge in [-0.2, -0.15) is 0 Å². The monoisotopic (exact) mass is 601 g/mol. The van der Waals surface area contributed by atoms with Crippen molar-refractivity contribution in [2.75, 3.05) is 12.4 Å². The molecule has 9 heteroatoms. The Hall–Kier alpha value is -4.43. The molecule has 4 aromatic rings. The van der Waals surface area contributed by atoms with E-state index in [0.29, 0.717) is 21.8 Å². The number of nitrogens with one attached hydrogen (secondary N) is 1. The number of nitrogens with zero attached hydrogens (tertiary/aromatic N) is 2. The maximum Gasteiger partial charge on any atom is 0.338 e. The third-order valence-corrected chi connectivity index (χ3v) is 6.89. The highest BCUT2D eigenvalue weighted by Crippen LogP contribution is 2.33. The molecule has 0 saturated carbocycles. The Morgan fingerprint density at radius 1 is 0.977 bits per heavy atom. The van der Waals surface area contributed by atoms with Gasteiger partial charge in [-0.3, -0.25) is 9.59 Å². The van der Waals surface area contributed by atoms with Gasteiger partial charge in [0.15, 0.2) is 0 Å². The van der Waals surface area contributed by atoms with Gasteiger partial charge in [0.1, 0.15) is 11.6 Å². The summed E-state index contributed by atoms with van der Waals surface area (Å²) in [5.41, 5.74) is 2.84. The molecule has 0 radical (unpaired) electrons. The van der Waals surface area contributed by atoms with Crippen LogP contribution >= 0.6 is 11.6 Å². The van der Waals surface area contributed by atoms with Crippen LogP contribution in [0.15, 0.2) is 83.7 Å². The average molecular weight is 602 g/mol. The molecule has 0 aliphatic rings. The predicted octanol–water partition coefficient (Wildman–Crippen LogP) is 6.90. The summed E-state index contributed by atoms with van der Waals surface area (Å²) in [5.74, 6) is -0.712. The van der Waals surface area contributed by atoms with E-state index in [2.05, 4.69) is 17.3 Å². The van der Waals surface area contributed by atoms with Crippen molar-refractivity contribution in [3.63, 3.8) is 0 Å². The highest BCUT2D eigenvalue weighted by molar-refractivity contribution is 6.30. The number of hydrogen-bond donors (Lipinski definition) is 1. The van der Waals surface area contributed by atoms with Crippen LogP contribution in [0.3, 0.4) is 0 Å². The van der Waals surface area contributed by atoms with E-state index in [1.807, 2.05) is 42.5 Å². The van der Waals surface area contributed by atoms with Gasteiger partial charge in [0.25, 0.3) is 5.56 Å². The molecule has 224 valence electrons. The molecule has 1 amide bonds. The van der Waals surface area contributed by atoms with E-state index < -0.39 is 29.1 Å². The van der Waals surface area contributed by atoms with Crippen LogP contribution in [-0.2, 0) is 22.4 Å². The number of esters is 1. The van der Waals surface area contributed by atoms with Gasteiger partial charge in [-0.25, -0.2) is 9.48 Å². The molecule has 0 fully saturated rings. The Kier molecular flexibility index (Phi) is 10.0. The summed E-state index contributed by atoms with van der Waals surface area (Å²) in [6.07, 6.45) is 1.89. The first kappa shape index (κ1) is 31.5. The summed E-state index contributed by atoms with van der Waals surface area (Å²) in [4.78, 5) is 39.8. The van der Waals surface area contributed by atoms with E-state index in [1.54, 1.807) is 51.1 Å². The summed E-state index contributed by atoms with van der Waals surface area (Å²) in [6.45, 7) is 7.46. The van der Waals surface area contributed by atoms with Crippen molar-refractivity contribution in [3.05, 3.63) is 111 Å². The normalized spacial score (nSPS) is 12.0. The zero-order valence-electron chi connectivity index (χ0n) is 25.0. The molecule has 4 rings (SSSR count). The minimum atomic E-state index is -1.00. The van der Waals surface area contributed by atoms with Crippen LogP contribution in [0, 0.1) is 0 Å². The molecule has 0 aliphatic carbocycles.